The summed E-state index contributed by atoms with van der Waals surface area (Å²) in [6, 6.07) is 7.03. The van der Waals surface area contributed by atoms with Crippen LogP contribution in [0.3, 0.4) is 0 Å². The monoisotopic (exact) mass is 374 g/mol. The van der Waals surface area contributed by atoms with E-state index in [2.05, 4.69) is 13.8 Å². The topological polar surface area (TPSA) is 49.7 Å². The third kappa shape index (κ3) is 2.93. The molecule has 0 unspecified atom stereocenters. The quantitative estimate of drug-likeness (QED) is 0.733. The predicted molar refractivity (Wildman–Crippen MR) is 101 cm³/mol. The number of fused-ring (bicyclic) bond motifs is 1. The lowest BCUT2D eigenvalue weighted by atomic mass is 9.73. The Morgan fingerprint density at radius 2 is 1.92 bits per heavy atom. The number of carbonyl (C=O) groups is 2. The molecule has 1 saturated heterocycles. The number of nitrogens with zero attached hydrogens (tertiary/aromatic N) is 2. The van der Waals surface area contributed by atoms with Gasteiger partial charge in [-0.05, 0) is 29.5 Å². The number of amidine groups is 1. The second-order valence-electron chi connectivity index (χ2n) is 7.51. The zero-order valence-corrected chi connectivity index (χ0v) is 15.8. The minimum absolute atomic E-state index is 0.0293. The number of rotatable bonds is 1. The normalized spacial score (nSPS) is 25.5. The van der Waals surface area contributed by atoms with Crippen molar-refractivity contribution in [3.63, 3.8) is 0 Å². The molecule has 1 fully saturated rings. The molecule has 0 N–H and O–H groups in total. The van der Waals surface area contributed by atoms with E-state index < -0.39 is 0 Å². The van der Waals surface area contributed by atoms with E-state index in [1.165, 1.54) is 0 Å². The molecule has 4 nitrogen and oxygen atoms in total. The molecule has 0 radical (unpaired) electrons. The molecule has 1 aliphatic carbocycles. The van der Waals surface area contributed by atoms with Gasteiger partial charge in [0, 0.05) is 29.2 Å². The number of carbonyl (C=O) groups excluding carboxylic acids is 2. The Kier molecular flexibility index (Phi) is 4.04. The smallest absolute Gasteiger partial charge is 0.230 e. The second-order valence-corrected chi connectivity index (χ2v) is 9.01. The van der Waals surface area contributed by atoms with E-state index in [9.17, 15) is 9.59 Å². The molecule has 3 aliphatic rings. The minimum Gasteiger partial charge on any atom is -0.294 e. The summed E-state index contributed by atoms with van der Waals surface area (Å²) < 4.78 is 0. The molecule has 1 aromatic rings. The van der Waals surface area contributed by atoms with Crippen LogP contribution in [0.5, 0.6) is 0 Å². The third-order valence-corrected chi connectivity index (χ3v) is 6.07. The Hall–Kier alpha value is -1.59. The van der Waals surface area contributed by atoms with Crippen LogP contribution in [-0.2, 0) is 9.59 Å². The molecule has 0 aromatic heterocycles. The molecule has 0 spiro atoms. The maximum Gasteiger partial charge on any atom is 0.230 e. The van der Waals surface area contributed by atoms with Gasteiger partial charge in [0.25, 0.3) is 0 Å². The summed E-state index contributed by atoms with van der Waals surface area (Å²) in [5, 5.41) is 1.36. The Morgan fingerprint density at radius 1 is 1.20 bits per heavy atom. The van der Waals surface area contributed by atoms with Crippen molar-refractivity contribution in [1.82, 2.24) is 4.90 Å². The van der Waals surface area contributed by atoms with Crippen LogP contribution in [0.2, 0.25) is 5.02 Å². The standard InChI is InChI=1S/C19H19ClN2O2S/c1-19(2)9-13-16(14(23)10-19)17(11-3-5-12(20)6-4-11)22-15(24)7-8-25-18(22)21-13/h3-6,17H,7-10H2,1-2H3/t17-/m1/s1. The van der Waals surface area contributed by atoms with Gasteiger partial charge in [-0.2, -0.15) is 0 Å². The van der Waals surface area contributed by atoms with Gasteiger partial charge in [0.05, 0.1) is 11.7 Å². The van der Waals surface area contributed by atoms with E-state index in [4.69, 9.17) is 16.6 Å². The van der Waals surface area contributed by atoms with Crippen LogP contribution in [0.25, 0.3) is 0 Å². The molecule has 1 atom stereocenters. The van der Waals surface area contributed by atoms with Crippen molar-refractivity contribution < 1.29 is 9.59 Å². The Labute approximate surface area is 156 Å². The van der Waals surface area contributed by atoms with Crippen LogP contribution in [0.1, 0.15) is 44.7 Å². The molecular formula is C19H19ClN2O2S. The van der Waals surface area contributed by atoms with Crippen molar-refractivity contribution in [1.29, 1.82) is 0 Å². The summed E-state index contributed by atoms with van der Waals surface area (Å²) in [6.45, 7) is 4.19. The molecule has 130 valence electrons. The molecule has 6 heteroatoms. The molecule has 2 heterocycles. The summed E-state index contributed by atoms with van der Waals surface area (Å²) in [5.41, 5.74) is 2.33. The predicted octanol–water partition coefficient (Wildman–Crippen LogP) is 4.36. The first-order valence-corrected chi connectivity index (χ1v) is 9.77. The largest absolute Gasteiger partial charge is 0.294 e. The molecule has 1 amide bonds. The Balaban J connectivity index is 1.89. The van der Waals surface area contributed by atoms with E-state index in [-0.39, 0.29) is 23.1 Å². The van der Waals surface area contributed by atoms with E-state index in [0.29, 0.717) is 23.4 Å². The number of aliphatic imine (C=N–C) groups is 1. The summed E-state index contributed by atoms with van der Waals surface area (Å²) in [7, 11) is 0. The maximum absolute atomic E-state index is 13.0. The van der Waals surface area contributed by atoms with Crippen LogP contribution < -0.4 is 0 Å². The summed E-state index contributed by atoms with van der Waals surface area (Å²) in [5.74, 6) is 0.862. The Bertz CT molecular complexity index is 826. The van der Waals surface area contributed by atoms with Crippen molar-refractivity contribution in [3.05, 3.63) is 46.1 Å². The zero-order valence-electron chi connectivity index (χ0n) is 14.2. The lowest BCUT2D eigenvalue weighted by molar-refractivity contribution is -0.128. The molecule has 0 bridgehead atoms. The molecule has 4 rings (SSSR count). The average molecular weight is 375 g/mol. The van der Waals surface area contributed by atoms with Gasteiger partial charge in [-0.15, -0.1) is 0 Å². The first-order chi connectivity index (χ1) is 11.9. The van der Waals surface area contributed by atoms with Gasteiger partial charge in [0.1, 0.15) is 0 Å². The number of hydrogen-bond donors (Lipinski definition) is 0. The van der Waals surface area contributed by atoms with Crippen LogP contribution >= 0.6 is 23.4 Å². The van der Waals surface area contributed by atoms with Gasteiger partial charge >= 0.3 is 0 Å². The van der Waals surface area contributed by atoms with Gasteiger partial charge in [0.15, 0.2) is 11.0 Å². The highest BCUT2D eigenvalue weighted by atomic mass is 35.5. The molecule has 2 aliphatic heterocycles. The van der Waals surface area contributed by atoms with Crippen molar-refractivity contribution in [2.75, 3.05) is 5.75 Å². The number of amides is 1. The van der Waals surface area contributed by atoms with Crippen molar-refractivity contribution in [3.8, 4) is 0 Å². The third-order valence-electron chi connectivity index (χ3n) is 4.87. The highest BCUT2D eigenvalue weighted by Gasteiger charge is 2.45. The van der Waals surface area contributed by atoms with Crippen LogP contribution in [0.4, 0.5) is 0 Å². The highest BCUT2D eigenvalue weighted by Crippen LogP contribution is 2.47. The van der Waals surface area contributed by atoms with Crippen molar-refractivity contribution in [2.24, 2.45) is 10.4 Å². The van der Waals surface area contributed by atoms with Crippen molar-refractivity contribution in [2.45, 2.75) is 39.2 Å². The number of allylic oxidation sites excluding steroid dienone is 1. The number of halogens is 1. The fourth-order valence-corrected chi connectivity index (χ4v) is 4.89. The van der Waals surface area contributed by atoms with Gasteiger partial charge in [0.2, 0.25) is 5.91 Å². The lowest BCUT2D eigenvalue weighted by Gasteiger charge is -2.43. The van der Waals surface area contributed by atoms with Crippen LogP contribution in [0, 0.1) is 5.41 Å². The minimum atomic E-state index is -0.385. The number of hydrogen-bond acceptors (Lipinski definition) is 4. The highest BCUT2D eigenvalue weighted by molar-refractivity contribution is 8.14. The summed E-state index contributed by atoms with van der Waals surface area (Å²) in [6.07, 6.45) is 1.70. The van der Waals surface area contributed by atoms with E-state index in [1.54, 1.807) is 28.8 Å². The Morgan fingerprint density at radius 3 is 2.64 bits per heavy atom. The fourth-order valence-electron chi connectivity index (χ4n) is 3.78. The SMILES string of the molecule is CC1(C)CC(=O)C2=C(C1)N=C1SCCC(=O)N1[C@@H]2c1ccc(Cl)cc1. The summed E-state index contributed by atoms with van der Waals surface area (Å²) >= 11 is 7.63. The van der Waals surface area contributed by atoms with Crippen molar-refractivity contribution >= 4 is 40.2 Å². The number of thioether (sulfide) groups is 1. The number of ketones is 1. The first-order valence-electron chi connectivity index (χ1n) is 8.41. The van der Waals surface area contributed by atoms with E-state index in [1.807, 2.05) is 12.1 Å². The van der Waals surface area contributed by atoms with Gasteiger partial charge in [-0.25, -0.2) is 4.99 Å². The van der Waals surface area contributed by atoms with Crippen LogP contribution in [0.15, 0.2) is 40.5 Å². The molecule has 0 saturated carbocycles. The number of benzene rings is 1. The lowest BCUT2D eigenvalue weighted by Crippen LogP contribution is -2.47. The fraction of sp³-hybridized carbons (Fsp3) is 0.421. The van der Waals surface area contributed by atoms with Gasteiger partial charge in [-0.1, -0.05) is 49.3 Å². The first kappa shape index (κ1) is 16.9. The number of Topliss-reactive ketones (excluding diaryl/α,β-unsaturated/α-hetero) is 1. The van der Waals surface area contributed by atoms with Crippen LogP contribution in [-0.4, -0.2) is 27.5 Å². The van der Waals surface area contributed by atoms with E-state index in [0.717, 1.165) is 28.6 Å². The average Bonchev–Trinajstić information content (AvgIpc) is 2.53. The molecule has 25 heavy (non-hydrogen) atoms. The molecule has 1 aromatic carbocycles. The van der Waals surface area contributed by atoms with Gasteiger partial charge in [-0.3, -0.25) is 14.5 Å². The maximum atomic E-state index is 13.0. The molecular weight excluding hydrogens is 356 g/mol. The second kappa shape index (κ2) is 5.99. The summed E-state index contributed by atoms with van der Waals surface area (Å²) in [4.78, 5) is 32.1. The van der Waals surface area contributed by atoms with E-state index >= 15 is 0 Å². The zero-order chi connectivity index (χ0) is 17.8. The van der Waals surface area contributed by atoms with Gasteiger partial charge < -0.3 is 0 Å².